The van der Waals surface area contributed by atoms with Crippen molar-refractivity contribution in [1.82, 2.24) is 24.8 Å². The summed E-state index contributed by atoms with van der Waals surface area (Å²) in [6.07, 6.45) is 7.86. The summed E-state index contributed by atoms with van der Waals surface area (Å²) in [5.74, 6) is -0.373. The van der Waals surface area contributed by atoms with Gasteiger partial charge in [-0.25, -0.2) is 13.6 Å². The fourth-order valence-corrected chi connectivity index (χ4v) is 8.84. The van der Waals surface area contributed by atoms with Crippen LogP contribution in [0, 0.1) is 11.6 Å². The molecule has 4 fully saturated rings. The molecule has 1 amide bonds. The summed E-state index contributed by atoms with van der Waals surface area (Å²) in [4.78, 5) is 34.0. The second-order valence-corrected chi connectivity index (χ2v) is 15.2. The van der Waals surface area contributed by atoms with Gasteiger partial charge < -0.3 is 14.4 Å². The second-order valence-electron chi connectivity index (χ2n) is 15.2. The normalized spacial score (nSPS) is 21.9. The van der Waals surface area contributed by atoms with Crippen LogP contribution in [0.3, 0.4) is 0 Å². The minimum absolute atomic E-state index is 0.0395. The number of carbonyl (C=O) groups excluding carboxylic acids is 1. The number of pyridine rings is 1. The Kier molecular flexibility index (Phi) is 7.89. The van der Waals surface area contributed by atoms with Crippen molar-refractivity contribution in [2.75, 3.05) is 37.7 Å². The van der Waals surface area contributed by atoms with Crippen LogP contribution in [-0.4, -0.2) is 86.9 Å². The summed E-state index contributed by atoms with van der Waals surface area (Å²) in [6, 6.07) is 8.72. The van der Waals surface area contributed by atoms with Crippen molar-refractivity contribution in [1.29, 1.82) is 0 Å². The number of aryl methyl sites for hydroxylation is 1. The smallest absolute Gasteiger partial charge is 0.410 e. The number of ether oxygens (including phenoxy) is 2. The number of halogens is 2. The van der Waals surface area contributed by atoms with Crippen LogP contribution >= 0.6 is 0 Å². The molecule has 0 saturated carbocycles. The maximum Gasteiger partial charge on any atom is 0.410 e. The van der Waals surface area contributed by atoms with Gasteiger partial charge in [0.25, 0.3) is 0 Å². The van der Waals surface area contributed by atoms with Crippen LogP contribution < -0.4 is 9.64 Å². The van der Waals surface area contributed by atoms with Gasteiger partial charge in [-0.2, -0.15) is 9.97 Å². The summed E-state index contributed by atoms with van der Waals surface area (Å²) >= 11 is 0. The van der Waals surface area contributed by atoms with Gasteiger partial charge in [0.2, 0.25) is 0 Å². The third-order valence-electron chi connectivity index (χ3n) is 11.0. The van der Waals surface area contributed by atoms with Crippen LogP contribution in [0.4, 0.5) is 19.4 Å². The van der Waals surface area contributed by atoms with Crippen molar-refractivity contribution >= 4 is 33.6 Å². The Labute approximate surface area is 285 Å². The first kappa shape index (κ1) is 32.1. The van der Waals surface area contributed by atoms with E-state index in [1.807, 2.05) is 44.7 Å². The Morgan fingerprint density at radius 1 is 1.02 bits per heavy atom. The van der Waals surface area contributed by atoms with Crippen LogP contribution in [0.25, 0.3) is 32.9 Å². The van der Waals surface area contributed by atoms with Crippen LogP contribution in [0.15, 0.2) is 36.5 Å². The zero-order valence-corrected chi connectivity index (χ0v) is 28.8. The highest BCUT2D eigenvalue weighted by atomic mass is 19.1. The SMILES string of the molecule is CCc1c(F)ccc2cccc(-c3ncc4c(N5C[C@H]6CC[C@@H](C5)N6C(=O)OC(C)(C)C)nc(OCC56CCCN5CCC6)nc4c3F)c12. The van der Waals surface area contributed by atoms with Crippen molar-refractivity contribution in [3.63, 3.8) is 0 Å². The van der Waals surface area contributed by atoms with Crippen molar-refractivity contribution < 1.29 is 23.0 Å². The summed E-state index contributed by atoms with van der Waals surface area (Å²) in [5, 5.41) is 1.94. The number of benzene rings is 2. The van der Waals surface area contributed by atoms with Gasteiger partial charge in [0, 0.05) is 24.8 Å². The van der Waals surface area contributed by atoms with E-state index >= 15 is 8.78 Å². The summed E-state index contributed by atoms with van der Waals surface area (Å²) in [6.45, 7) is 11.1. The van der Waals surface area contributed by atoms with Crippen LogP contribution in [-0.2, 0) is 11.2 Å². The first-order chi connectivity index (χ1) is 23.5. The Bertz CT molecular complexity index is 1920. The average molecular weight is 671 g/mol. The fraction of sp³-hybridized carbons (Fsp3) is 0.526. The maximum atomic E-state index is 17.0. The van der Waals surface area contributed by atoms with Crippen molar-refractivity contribution in [2.45, 2.75) is 95.9 Å². The molecule has 0 aliphatic carbocycles. The lowest BCUT2D eigenvalue weighted by molar-refractivity contribution is 0.0122. The van der Waals surface area contributed by atoms with E-state index in [4.69, 9.17) is 19.4 Å². The molecule has 2 aromatic carbocycles. The van der Waals surface area contributed by atoms with Gasteiger partial charge >= 0.3 is 12.1 Å². The predicted octanol–water partition coefficient (Wildman–Crippen LogP) is 7.28. The molecule has 4 aliphatic heterocycles. The molecule has 258 valence electrons. The van der Waals surface area contributed by atoms with E-state index in [0.717, 1.165) is 57.0 Å². The molecule has 4 saturated heterocycles. The quantitative estimate of drug-likeness (QED) is 0.212. The molecule has 2 bridgehead atoms. The maximum absolute atomic E-state index is 17.0. The molecule has 0 unspecified atom stereocenters. The second kappa shape index (κ2) is 12.0. The lowest BCUT2D eigenvalue weighted by Crippen LogP contribution is -2.57. The van der Waals surface area contributed by atoms with E-state index in [9.17, 15) is 4.79 Å². The molecule has 8 rings (SSSR count). The van der Waals surface area contributed by atoms with Gasteiger partial charge in [-0.1, -0.05) is 31.2 Å². The largest absolute Gasteiger partial charge is 0.461 e. The van der Waals surface area contributed by atoms with Crippen molar-refractivity contribution in [3.8, 4) is 17.3 Å². The third kappa shape index (κ3) is 5.54. The first-order valence-corrected chi connectivity index (χ1v) is 17.8. The number of hydrogen-bond donors (Lipinski definition) is 0. The van der Waals surface area contributed by atoms with E-state index < -0.39 is 11.4 Å². The van der Waals surface area contributed by atoms with E-state index in [2.05, 4.69) is 14.8 Å². The highest BCUT2D eigenvalue weighted by Crippen LogP contribution is 2.41. The molecule has 4 aliphatic rings. The van der Waals surface area contributed by atoms with E-state index in [-0.39, 0.29) is 46.8 Å². The van der Waals surface area contributed by atoms with Gasteiger partial charge in [-0.05, 0) is 101 Å². The Morgan fingerprint density at radius 3 is 2.45 bits per heavy atom. The molecule has 49 heavy (non-hydrogen) atoms. The standard InChI is InChI=1S/C38H44F2N6O3/c1-5-26-29(39)14-11-23-9-6-10-27(30(23)26)32-31(40)33-28(19-41-32)34(43-35(42-33)48-22-38-15-7-17-45(38)18-8-16-38)44-20-24-12-13-25(21-44)46(24)36(47)49-37(2,3)4/h6,9-11,14,19,24-25H,5,7-8,12-13,15-18,20-22H2,1-4H3/t24-,25+. The molecule has 11 heteroatoms. The van der Waals surface area contributed by atoms with Gasteiger partial charge in [-0.15, -0.1) is 0 Å². The van der Waals surface area contributed by atoms with Crippen molar-refractivity contribution in [3.05, 3.63) is 53.7 Å². The van der Waals surface area contributed by atoms with Gasteiger partial charge in [0.15, 0.2) is 5.82 Å². The third-order valence-corrected chi connectivity index (χ3v) is 11.0. The topological polar surface area (TPSA) is 83.9 Å². The number of piperazine rings is 1. The van der Waals surface area contributed by atoms with Crippen LogP contribution in [0.5, 0.6) is 6.01 Å². The van der Waals surface area contributed by atoms with E-state index in [1.54, 1.807) is 18.3 Å². The van der Waals surface area contributed by atoms with Gasteiger partial charge in [-0.3, -0.25) is 14.8 Å². The molecule has 0 radical (unpaired) electrons. The predicted molar refractivity (Wildman–Crippen MR) is 185 cm³/mol. The zero-order chi connectivity index (χ0) is 34.1. The number of hydrogen-bond acceptors (Lipinski definition) is 8. The van der Waals surface area contributed by atoms with Crippen LogP contribution in [0.1, 0.15) is 71.8 Å². The minimum Gasteiger partial charge on any atom is -0.461 e. The fourth-order valence-electron chi connectivity index (χ4n) is 8.84. The van der Waals surface area contributed by atoms with Gasteiger partial charge in [0.1, 0.15) is 35.1 Å². The number of amides is 1. The first-order valence-electron chi connectivity index (χ1n) is 17.8. The molecule has 0 spiro atoms. The monoisotopic (exact) mass is 670 g/mol. The van der Waals surface area contributed by atoms with E-state index in [0.29, 0.717) is 53.8 Å². The number of carbonyl (C=O) groups is 1. The molecular formula is C38H44F2N6O3. The number of nitrogens with zero attached hydrogens (tertiary/aromatic N) is 6. The van der Waals surface area contributed by atoms with Crippen LogP contribution in [0.2, 0.25) is 0 Å². The Hall–Kier alpha value is -4.12. The summed E-state index contributed by atoms with van der Waals surface area (Å²) in [5.41, 5.74) is 0.641. The molecule has 4 aromatic rings. The molecule has 2 aromatic heterocycles. The minimum atomic E-state index is -0.596. The molecule has 0 N–H and O–H groups in total. The lowest BCUT2D eigenvalue weighted by Gasteiger charge is -2.42. The van der Waals surface area contributed by atoms with Crippen molar-refractivity contribution in [2.24, 2.45) is 0 Å². The highest BCUT2D eigenvalue weighted by Gasteiger charge is 2.46. The van der Waals surface area contributed by atoms with Gasteiger partial charge in [0.05, 0.1) is 23.0 Å². The number of aromatic nitrogens is 3. The lowest BCUT2D eigenvalue weighted by atomic mass is 9.95. The Balaban J connectivity index is 1.21. The Morgan fingerprint density at radius 2 is 1.76 bits per heavy atom. The molecule has 2 atom stereocenters. The molecular weight excluding hydrogens is 626 g/mol. The average Bonchev–Trinajstić information content (AvgIpc) is 3.73. The summed E-state index contributed by atoms with van der Waals surface area (Å²) < 4.78 is 44.2. The zero-order valence-electron chi connectivity index (χ0n) is 28.8. The summed E-state index contributed by atoms with van der Waals surface area (Å²) in [7, 11) is 0. The number of anilines is 1. The molecule has 6 heterocycles. The molecule has 9 nitrogen and oxygen atoms in total. The van der Waals surface area contributed by atoms with E-state index in [1.165, 1.54) is 6.07 Å². The number of rotatable bonds is 6. The highest BCUT2D eigenvalue weighted by molar-refractivity contribution is 6.01. The number of fused-ring (bicyclic) bond motifs is 5.